The second-order valence-electron chi connectivity index (χ2n) is 8.89. The zero-order valence-electron chi connectivity index (χ0n) is 18.8. The predicted molar refractivity (Wildman–Crippen MR) is 134 cm³/mol. The molecule has 2 amide bonds. The molecule has 0 spiro atoms. The van der Waals surface area contributed by atoms with Gasteiger partial charge in [-0.25, -0.2) is 4.90 Å². The van der Waals surface area contributed by atoms with E-state index in [9.17, 15) is 14.4 Å². The number of ketones is 1. The van der Waals surface area contributed by atoms with Crippen LogP contribution in [0.2, 0.25) is 5.02 Å². The first-order chi connectivity index (χ1) is 17.0. The third-order valence-corrected chi connectivity index (χ3v) is 7.39. The van der Waals surface area contributed by atoms with Crippen LogP contribution in [-0.4, -0.2) is 36.8 Å². The van der Waals surface area contributed by atoms with Gasteiger partial charge in [-0.05, 0) is 60.2 Å². The number of fused-ring (bicyclic) bond motifs is 5. The number of halogens is 1. The zero-order valence-corrected chi connectivity index (χ0v) is 19.6. The van der Waals surface area contributed by atoms with E-state index in [4.69, 9.17) is 16.3 Å². The molecule has 3 aliphatic heterocycles. The number of amides is 2. The molecule has 2 fully saturated rings. The van der Waals surface area contributed by atoms with Gasteiger partial charge in [0.15, 0.2) is 5.78 Å². The number of hydrogen-bond donors (Lipinski definition) is 0. The Labute approximate surface area is 207 Å². The summed E-state index contributed by atoms with van der Waals surface area (Å²) in [5.74, 6) is -1.72. The van der Waals surface area contributed by atoms with Crippen molar-refractivity contribution in [3.8, 4) is 5.75 Å². The lowest BCUT2D eigenvalue weighted by Crippen LogP contribution is -2.48. The normalized spacial score (nSPS) is 24.3. The Kier molecular flexibility index (Phi) is 5.00. The summed E-state index contributed by atoms with van der Waals surface area (Å²) in [5.41, 5.74) is 2.72. The van der Waals surface area contributed by atoms with Gasteiger partial charge in [0.25, 0.3) is 0 Å². The number of ether oxygens (including phenoxy) is 1. The second kappa shape index (κ2) is 8.10. The van der Waals surface area contributed by atoms with Crippen LogP contribution in [0.4, 0.5) is 11.4 Å². The summed E-state index contributed by atoms with van der Waals surface area (Å²) in [6, 6.07) is 20.0. The smallest absolute Gasteiger partial charge is 0.240 e. The maximum absolute atomic E-state index is 13.9. The Hall–Kier alpha value is -3.90. The van der Waals surface area contributed by atoms with Gasteiger partial charge in [-0.3, -0.25) is 14.4 Å². The van der Waals surface area contributed by atoms with Crippen LogP contribution >= 0.6 is 11.6 Å². The Morgan fingerprint density at radius 2 is 1.57 bits per heavy atom. The fourth-order valence-electron chi connectivity index (χ4n) is 5.58. The van der Waals surface area contributed by atoms with Crippen molar-refractivity contribution in [2.75, 3.05) is 16.9 Å². The topological polar surface area (TPSA) is 66.9 Å². The highest BCUT2D eigenvalue weighted by molar-refractivity contribution is 6.30. The van der Waals surface area contributed by atoms with Gasteiger partial charge in [0.1, 0.15) is 11.8 Å². The van der Waals surface area contributed by atoms with Crippen LogP contribution in [-0.2, 0) is 9.59 Å². The quantitative estimate of drug-likeness (QED) is 0.399. The first-order valence-corrected chi connectivity index (χ1v) is 11.7. The second-order valence-corrected chi connectivity index (χ2v) is 9.33. The van der Waals surface area contributed by atoms with Crippen molar-refractivity contribution >= 4 is 46.6 Å². The number of benzene rings is 3. The highest BCUT2D eigenvalue weighted by Gasteiger charge is 2.64. The highest BCUT2D eigenvalue weighted by Crippen LogP contribution is 2.49. The number of carbonyl (C=O) groups is 3. The molecule has 0 unspecified atom stereocenters. The minimum atomic E-state index is -0.822. The molecular weight excluding hydrogens is 464 g/mol. The van der Waals surface area contributed by atoms with Crippen LogP contribution in [0.15, 0.2) is 78.9 Å². The van der Waals surface area contributed by atoms with E-state index in [2.05, 4.69) is 0 Å². The lowest BCUT2D eigenvalue weighted by molar-refractivity contribution is -0.122. The number of para-hydroxylation sites is 1. The Bertz CT molecular complexity index is 1380. The summed E-state index contributed by atoms with van der Waals surface area (Å²) in [5, 5.41) is 0.521. The summed E-state index contributed by atoms with van der Waals surface area (Å²) in [6.45, 7) is 0. The SMILES string of the molecule is COc1ccc(N2C(=O)[C@@H]3[C@H](C2=O)[C@H](C(=O)c2ccc(Cl)cc2)N2c4ccccc4C=C[C@@H]32)cc1. The molecule has 6 nitrogen and oxygen atoms in total. The molecule has 0 saturated carbocycles. The van der Waals surface area contributed by atoms with Gasteiger partial charge in [-0.1, -0.05) is 42.0 Å². The fraction of sp³-hybridized carbons (Fsp3) is 0.179. The average molecular weight is 485 g/mol. The minimum Gasteiger partial charge on any atom is -0.497 e. The summed E-state index contributed by atoms with van der Waals surface area (Å²) in [7, 11) is 1.56. The molecule has 2 saturated heterocycles. The van der Waals surface area contributed by atoms with Gasteiger partial charge >= 0.3 is 0 Å². The number of hydrogen-bond acceptors (Lipinski definition) is 5. The van der Waals surface area contributed by atoms with E-state index in [-0.39, 0.29) is 17.6 Å². The maximum Gasteiger partial charge on any atom is 0.240 e. The fourth-order valence-corrected chi connectivity index (χ4v) is 5.71. The number of imide groups is 1. The van der Waals surface area contributed by atoms with Crippen LogP contribution < -0.4 is 14.5 Å². The Balaban J connectivity index is 1.47. The molecule has 174 valence electrons. The molecule has 3 aliphatic rings. The maximum atomic E-state index is 13.9. The molecule has 3 aromatic rings. The summed E-state index contributed by atoms with van der Waals surface area (Å²) >= 11 is 6.05. The van der Waals surface area contributed by atoms with E-state index >= 15 is 0 Å². The van der Waals surface area contributed by atoms with Crippen molar-refractivity contribution in [1.29, 1.82) is 0 Å². The Morgan fingerprint density at radius 1 is 0.886 bits per heavy atom. The lowest BCUT2D eigenvalue weighted by Gasteiger charge is -2.36. The van der Waals surface area contributed by atoms with E-state index < -0.39 is 23.9 Å². The first-order valence-electron chi connectivity index (χ1n) is 11.4. The van der Waals surface area contributed by atoms with Gasteiger partial charge in [0.05, 0.1) is 30.7 Å². The molecule has 35 heavy (non-hydrogen) atoms. The van der Waals surface area contributed by atoms with Gasteiger partial charge in [-0.2, -0.15) is 0 Å². The third-order valence-electron chi connectivity index (χ3n) is 7.14. The van der Waals surface area contributed by atoms with Crippen LogP contribution in [0.25, 0.3) is 6.08 Å². The molecule has 0 radical (unpaired) electrons. The zero-order chi connectivity index (χ0) is 24.3. The molecule has 6 rings (SSSR count). The van der Waals surface area contributed by atoms with Crippen molar-refractivity contribution in [2.24, 2.45) is 11.8 Å². The third kappa shape index (κ3) is 3.21. The molecule has 0 aromatic heterocycles. The highest BCUT2D eigenvalue weighted by atomic mass is 35.5. The van der Waals surface area contributed by atoms with E-state index in [0.29, 0.717) is 22.0 Å². The summed E-state index contributed by atoms with van der Waals surface area (Å²) in [4.78, 5) is 44.7. The average Bonchev–Trinajstić information content (AvgIpc) is 3.37. The van der Waals surface area contributed by atoms with Crippen LogP contribution in [0.5, 0.6) is 5.75 Å². The number of methoxy groups -OCH3 is 1. The van der Waals surface area contributed by atoms with Crippen molar-refractivity contribution in [3.63, 3.8) is 0 Å². The monoisotopic (exact) mass is 484 g/mol. The number of anilines is 2. The van der Waals surface area contributed by atoms with Gasteiger partial charge in [0.2, 0.25) is 11.8 Å². The van der Waals surface area contributed by atoms with Crippen molar-refractivity contribution in [3.05, 3.63) is 95.0 Å². The molecule has 3 aromatic carbocycles. The molecule has 3 heterocycles. The van der Waals surface area contributed by atoms with Crippen molar-refractivity contribution < 1.29 is 19.1 Å². The molecular formula is C28H21ClN2O4. The van der Waals surface area contributed by atoms with Crippen molar-refractivity contribution in [2.45, 2.75) is 12.1 Å². The lowest BCUT2D eigenvalue weighted by atomic mass is 9.86. The summed E-state index contributed by atoms with van der Waals surface area (Å²) < 4.78 is 5.21. The van der Waals surface area contributed by atoms with Gasteiger partial charge in [0, 0.05) is 16.3 Å². The minimum absolute atomic E-state index is 0.206. The number of carbonyl (C=O) groups excluding carboxylic acids is 3. The molecule has 0 N–H and O–H groups in total. The van der Waals surface area contributed by atoms with Gasteiger partial charge in [-0.15, -0.1) is 0 Å². The summed E-state index contributed by atoms with van der Waals surface area (Å²) in [6.07, 6.45) is 3.91. The standard InChI is InChI=1S/C28H21ClN2O4/c1-35-20-13-11-19(12-14-20)30-27(33)23-22-15-8-16-4-2-3-5-21(16)31(22)25(24(23)28(30)34)26(32)17-6-9-18(29)10-7-17/h2-15,22-25H,1H3/t22-,23-,24-,25+/m0/s1. The molecule has 4 atom stereocenters. The molecule has 7 heteroatoms. The van der Waals surface area contributed by atoms with Crippen LogP contribution in [0, 0.1) is 11.8 Å². The van der Waals surface area contributed by atoms with Gasteiger partial charge < -0.3 is 9.64 Å². The van der Waals surface area contributed by atoms with E-state index in [1.165, 1.54) is 4.90 Å². The van der Waals surface area contributed by atoms with Crippen LogP contribution in [0.3, 0.4) is 0 Å². The number of Topliss-reactive ketones (excluding diaryl/α,β-unsaturated/α-hetero) is 1. The van der Waals surface area contributed by atoms with Crippen LogP contribution in [0.1, 0.15) is 15.9 Å². The first kappa shape index (κ1) is 21.6. The molecule has 0 aliphatic carbocycles. The predicted octanol–water partition coefficient (Wildman–Crippen LogP) is 4.62. The van der Waals surface area contributed by atoms with E-state index in [0.717, 1.165) is 11.3 Å². The largest absolute Gasteiger partial charge is 0.497 e. The number of rotatable bonds is 4. The Morgan fingerprint density at radius 3 is 2.29 bits per heavy atom. The van der Waals surface area contributed by atoms with E-state index in [1.807, 2.05) is 41.3 Å². The van der Waals surface area contributed by atoms with Crippen molar-refractivity contribution in [1.82, 2.24) is 0 Å². The van der Waals surface area contributed by atoms with E-state index in [1.54, 1.807) is 55.6 Å². The number of nitrogens with zero attached hydrogens (tertiary/aromatic N) is 2. The molecule has 0 bridgehead atoms.